The summed E-state index contributed by atoms with van der Waals surface area (Å²) in [5, 5.41) is 0. The number of rotatable bonds is 5. The monoisotopic (exact) mass is 342 g/mol. The van der Waals surface area contributed by atoms with Crippen molar-refractivity contribution in [1.29, 1.82) is 0 Å². The van der Waals surface area contributed by atoms with Crippen molar-refractivity contribution in [2.24, 2.45) is 0 Å². The Balaban J connectivity index is 1.62. The van der Waals surface area contributed by atoms with Gasteiger partial charge in [0.05, 0.1) is 20.5 Å². The number of aromatic amines is 1. The molecule has 4 rings (SSSR count). The standard InChI is InChI=1S/C15H14N6O4/c1-23-8-4-3-7-9(11(8)24-2)15(22)25-14(7)21-20-13-10-12(17-5-16-10)18-6-19-13/h3-6,14,21H,1-2H3,(H2,16,17,18,19,20). The Hall–Kier alpha value is -3.40. The number of hydrazine groups is 1. The average molecular weight is 342 g/mol. The molecule has 0 saturated heterocycles. The fourth-order valence-electron chi connectivity index (χ4n) is 2.70. The van der Waals surface area contributed by atoms with Crippen LogP contribution >= 0.6 is 0 Å². The number of carbonyl (C=O) groups is 1. The lowest BCUT2D eigenvalue weighted by Gasteiger charge is -2.15. The van der Waals surface area contributed by atoms with Crippen LogP contribution in [0.1, 0.15) is 22.1 Å². The van der Waals surface area contributed by atoms with Crippen LogP contribution in [-0.4, -0.2) is 40.1 Å². The zero-order valence-electron chi connectivity index (χ0n) is 13.4. The Morgan fingerprint density at radius 1 is 1.20 bits per heavy atom. The van der Waals surface area contributed by atoms with E-state index in [0.29, 0.717) is 39.6 Å². The smallest absolute Gasteiger partial charge is 0.344 e. The summed E-state index contributed by atoms with van der Waals surface area (Å²) < 4.78 is 15.9. The number of nitrogens with zero attached hydrogens (tertiary/aromatic N) is 3. The minimum absolute atomic E-state index is 0.329. The van der Waals surface area contributed by atoms with Crippen molar-refractivity contribution in [2.45, 2.75) is 6.23 Å². The summed E-state index contributed by atoms with van der Waals surface area (Å²) in [7, 11) is 2.98. The number of H-pyrrole nitrogens is 1. The average Bonchev–Trinajstić information content (AvgIpc) is 3.24. The summed E-state index contributed by atoms with van der Waals surface area (Å²) in [6.07, 6.45) is 2.19. The summed E-state index contributed by atoms with van der Waals surface area (Å²) in [5.74, 6) is 0.779. The maximum absolute atomic E-state index is 12.2. The van der Waals surface area contributed by atoms with E-state index < -0.39 is 12.2 Å². The topological polar surface area (TPSA) is 123 Å². The number of fused-ring (bicyclic) bond motifs is 2. The van der Waals surface area contributed by atoms with Crippen LogP contribution in [0, 0.1) is 0 Å². The third-order valence-corrected chi connectivity index (χ3v) is 3.83. The van der Waals surface area contributed by atoms with Crippen LogP contribution in [0.4, 0.5) is 5.82 Å². The lowest BCUT2D eigenvalue weighted by atomic mass is 10.1. The second-order valence-corrected chi connectivity index (χ2v) is 5.14. The van der Waals surface area contributed by atoms with Crippen LogP contribution in [-0.2, 0) is 4.74 Å². The van der Waals surface area contributed by atoms with Gasteiger partial charge in [0.2, 0.25) is 0 Å². The number of aromatic nitrogens is 4. The second kappa shape index (κ2) is 5.91. The van der Waals surface area contributed by atoms with Gasteiger partial charge in [-0.2, -0.15) is 5.43 Å². The highest BCUT2D eigenvalue weighted by Gasteiger charge is 2.35. The molecule has 1 unspecified atom stereocenters. The molecular weight excluding hydrogens is 328 g/mol. The van der Waals surface area contributed by atoms with E-state index in [1.807, 2.05) is 0 Å². The molecule has 3 N–H and O–H groups in total. The van der Waals surface area contributed by atoms with Crippen molar-refractivity contribution in [3.8, 4) is 11.5 Å². The Labute approximate surface area is 141 Å². The first kappa shape index (κ1) is 15.1. The lowest BCUT2D eigenvalue weighted by Crippen LogP contribution is -2.28. The van der Waals surface area contributed by atoms with Gasteiger partial charge in [0.25, 0.3) is 0 Å². The Bertz CT molecular complexity index is 956. The van der Waals surface area contributed by atoms with Crippen LogP contribution in [0.5, 0.6) is 11.5 Å². The highest BCUT2D eigenvalue weighted by atomic mass is 16.6. The Morgan fingerprint density at radius 2 is 2.08 bits per heavy atom. The van der Waals surface area contributed by atoms with Crippen molar-refractivity contribution in [1.82, 2.24) is 25.4 Å². The normalized spacial score (nSPS) is 15.8. The number of carbonyl (C=O) groups excluding carboxylic acids is 1. The van der Waals surface area contributed by atoms with E-state index in [9.17, 15) is 4.79 Å². The minimum atomic E-state index is -0.713. The van der Waals surface area contributed by atoms with Gasteiger partial charge in [0, 0.05) is 5.56 Å². The van der Waals surface area contributed by atoms with Crippen LogP contribution in [0.25, 0.3) is 11.2 Å². The van der Waals surface area contributed by atoms with Gasteiger partial charge in [0.15, 0.2) is 29.2 Å². The Morgan fingerprint density at radius 3 is 2.88 bits per heavy atom. The quantitative estimate of drug-likeness (QED) is 0.463. The van der Waals surface area contributed by atoms with Crippen molar-refractivity contribution in [3.05, 3.63) is 35.9 Å². The molecule has 0 aliphatic carbocycles. The van der Waals surface area contributed by atoms with Gasteiger partial charge in [0.1, 0.15) is 17.4 Å². The largest absolute Gasteiger partial charge is 0.493 e. The highest BCUT2D eigenvalue weighted by Crippen LogP contribution is 2.40. The van der Waals surface area contributed by atoms with Gasteiger partial charge in [-0.15, -0.1) is 0 Å². The fraction of sp³-hybridized carbons (Fsp3) is 0.200. The first-order chi connectivity index (χ1) is 12.2. The first-order valence-corrected chi connectivity index (χ1v) is 7.34. The van der Waals surface area contributed by atoms with E-state index in [4.69, 9.17) is 14.2 Å². The van der Waals surface area contributed by atoms with Crippen LogP contribution in [0.3, 0.4) is 0 Å². The number of esters is 1. The summed E-state index contributed by atoms with van der Waals surface area (Å²) in [4.78, 5) is 27.4. The number of hydrogen-bond acceptors (Lipinski definition) is 9. The number of anilines is 1. The SMILES string of the molecule is COc1ccc2c(c1OC)C(=O)OC2NNc1ncnc2nc[nH]c12. The molecule has 25 heavy (non-hydrogen) atoms. The van der Waals surface area contributed by atoms with E-state index >= 15 is 0 Å². The molecule has 10 nitrogen and oxygen atoms in total. The number of benzene rings is 1. The Kier molecular flexibility index (Phi) is 3.58. The lowest BCUT2D eigenvalue weighted by molar-refractivity contribution is 0.0325. The van der Waals surface area contributed by atoms with Crippen LogP contribution in [0.15, 0.2) is 24.8 Å². The van der Waals surface area contributed by atoms with E-state index in [0.717, 1.165) is 0 Å². The number of nitrogens with one attached hydrogen (secondary N) is 3. The molecule has 10 heteroatoms. The molecule has 128 valence electrons. The maximum atomic E-state index is 12.2. The van der Waals surface area contributed by atoms with E-state index in [2.05, 4.69) is 30.8 Å². The maximum Gasteiger partial charge on any atom is 0.344 e. The van der Waals surface area contributed by atoms with Crippen molar-refractivity contribution in [3.63, 3.8) is 0 Å². The van der Waals surface area contributed by atoms with Gasteiger partial charge in [-0.25, -0.2) is 19.7 Å². The van der Waals surface area contributed by atoms with Crippen molar-refractivity contribution >= 4 is 23.0 Å². The van der Waals surface area contributed by atoms with Crippen LogP contribution < -0.4 is 20.3 Å². The molecule has 1 atom stereocenters. The molecule has 0 bridgehead atoms. The summed E-state index contributed by atoms with van der Waals surface area (Å²) >= 11 is 0. The van der Waals surface area contributed by atoms with E-state index in [1.54, 1.807) is 12.1 Å². The molecule has 1 aliphatic rings. The third kappa shape index (κ3) is 2.39. The first-order valence-electron chi connectivity index (χ1n) is 7.34. The predicted octanol–water partition coefficient (Wildman–Crippen LogP) is 1.16. The van der Waals surface area contributed by atoms with Gasteiger partial charge in [-0.3, -0.25) is 0 Å². The van der Waals surface area contributed by atoms with Gasteiger partial charge < -0.3 is 24.6 Å². The fourth-order valence-corrected chi connectivity index (χ4v) is 2.70. The number of hydrogen-bond donors (Lipinski definition) is 3. The molecule has 0 amide bonds. The second-order valence-electron chi connectivity index (χ2n) is 5.14. The molecule has 0 radical (unpaired) electrons. The summed E-state index contributed by atoms with van der Waals surface area (Å²) in [6.45, 7) is 0. The molecule has 3 heterocycles. The molecule has 1 aliphatic heterocycles. The highest BCUT2D eigenvalue weighted by molar-refractivity contribution is 5.98. The summed E-state index contributed by atoms with van der Waals surface area (Å²) in [5.41, 5.74) is 7.96. The molecule has 0 saturated carbocycles. The number of cyclic esters (lactones) is 1. The number of ether oxygens (including phenoxy) is 3. The van der Waals surface area contributed by atoms with Crippen molar-refractivity contribution < 1.29 is 19.0 Å². The van der Waals surface area contributed by atoms with Crippen molar-refractivity contribution in [2.75, 3.05) is 19.6 Å². The van der Waals surface area contributed by atoms with Crippen LogP contribution in [0.2, 0.25) is 0 Å². The minimum Gasteiger partial charge on any atom is -0.493 e. The van der Waals surface area contributed by atoms with Gasteiger partial charge in [-0.1, -0.05) is 0 Å². The molecule has 0 spiro atoms. The third-order valence-electron chi connectivity index (χ3n) is 3.83. The molecule has 0 fully saturated rings. The molecular formula is C15H14N6O4. The predicted molar refractivity (Wildman–Crippen MR) is 86.1 cm³/mol. The zero-order valence-corrected chi connectivity index (χ0v) is 13.4. The van der Waals surface area contributed by atoms with Gasteiger partial charge in [-0.05, 0) is 12.1 Å². The molecule has 1 aromatic carbocycles. The molecule has 3 aromatic rings. The number of methoxy groups -OCH3 is 2. The van der Waals surface area contributed by atoms with Gasteiger partial charge >= 0.3 is 5.97 Å². The van der Waals surface area contributed by atoms with E-state index in [-0.39, 0.29) is 0 Å². The molecule has 2 aromatic heterocycles. The summed E-state index contributed by atoms with van der Waals surface area (Å²) in [6, 6.07) is 3.46. The number of imidazole rings is 1. The zero-order chi connectivity index (χ0) is 17.4. The van der Waals surface area contributed by atoms with E-state index in [1.165, 1.54) is 26.9 Å².